The highest BCUT2D eigenvalue weighted by atomic mass is 79.9. The van der Waals surface area contributed by atoms with Gasteiger partial charge in [-0.15, -0.1) is 0 Å². The molecule has 1 N–H and O–H groups in total. The van der Waals surface area contributed by atoms with Gasteiger partial charge in [0.05, 0.1) is 12.7 Å². The minimum atomic E-state index is -0.514. The van der Waals surface area contributed by atoms with Crippen LogP contribution in [0.3, 0.4) is 0 Å². The molecule has 0 spiro atoms. The number of hydrogen-bond acceptors (Lipinski definition) is 3. The molecule has 3 nitrogen and oxygen atoms in total. The molecule has 4 heteroatoms. The predicted octanol–water partition coefficient (Wildman–Crippen LogP) is 4.69. The summed E-state index contributed by atoms with van der Waals surface area (Å²) in [6.07, 6.45) is -0.514. The first kappa shape index (κ1) is 14.9. The molecule has 0 radical (unpaired) electrons. The monoisotopic (exact) mass is 336 g/mol. The predicted molar refractivity (Wildman–Crippen MR) is 82.5 cm³/mol. The molecule has 0 saturated heterocycles. The standard InChI is InChI=1S/C16H17BrO3/c1-3-19-12-5-4-6-13(9-12)20-14-7-8-15(11(2)18)16(17)10-14/h4-11,18H,3H2,1-2H3. The summed E-state index contributed by atoms with van der Waals surface area (Å²) in [6, 6.07) is 13.0. The van der Waals surface area contributed by atoms with Crippen LogP contribution in [0.1, 0.15) is 25.5 Å². The Bertz CT molecular complexity index is 582. The van der Waals surface area contributed by atoms with E-state index in [4.69, 9.17) is 9.47 Å². The van der Waals surface area contributed by atoms with E-state index in [-0.39, 0.29) is 0 Å². The molecular weight excluding hydrogens is 320 g/mol. The van der Waals surface area contributed by atoms with Crippen molar-refractivity contribution in [1.82, 2.24) is 0 Å². The maximum atomic E-state index is 9.59. The molecule has 0 heterocycles. The van der Waals surface area contributed by atoms with Gasteiger partial charge in [-0.1, -0.05) is 28.1 Å². The van der Waals surface area contributed by atoms with Gasteiger partial charge in [0.15, 0.2) is 0 Å². The van der Waals surface area contributed by atoms with E-state index in [2.05, 4.69) is 15.9 Å². The molecule has 2 aromatic carbocycles. The van der Waals surface area contributed by atoms with Crippen LogP contribution in [0, 0.1) is 0 Å². The molecule has 1 atom stereocenters. The lowest BCUT2D eigenvalue weighted by Gasteiger charge is -2.11. The molecule has 106 valence electrons. The average molecular weight is 337 g/mol. The SMILES string of the molecule is CCOc1cccc(Oc2ccc(C(C)O)c(Br)c2)c1. The highest BCUT2D eigenvalue weighted by molar-refractivity contribution is 9.10. The van der Waals surface area contributed by atoms with E-state index in [0.717, 1.165) is 15.8 Å². The molecule has 0 aliphatic rings. The molecule has 0 aromatic heterocycles. The summed E-state index contributed by atoms with van der Waals surface area (Å²) < 4.78 is 12.1. The van der Waals surface area contributed by atoms with Crippen LogP contribution in [0.5, 0.6) is 17.2 Å². The fraction of sp³-hybridized carbons (Fsp3) is 0.250. The van der Waals surface area contributed by atoms with E-state index in [1.807, 2.05) is 49.4 Å². The molecule has 2 rings (SSSR count). The molecule has 0 aliphatic heterocycles. The van der Waals surface area contributed by atoms with Crippen LogP contribution in [0.15, 0.2) is 46.9 Å². The van der Waals surface area contributed by atoms with Gasteiger partial charge in [-0.05, 0) is 43.7 Å². The van der Waals surface area contributed by atoms with Gasteiger partial charge in [0.25, 0.3) is 0 Å². The zero-order chi connectivity index (χ0) is 14.5. The van der Waals surface area contributed by atoms with Crippen LogP contribution in [-0.2, 0) is 0 Å². The first-order valence-electron chi connectivity index (χ1n) is 6.48. The van der Waals surface area contributed by atoms with E-state index in [9.17, 15) is 5.11 Å². The van der Waals surface area contributed by atoms with Crippen LogP contribution < -0.4 is 9.47 Å². The second-order valence-corrected chi connectivity index (χ2v) is 5.22. The Morgan fingerprint density at radius 1 is 1.10 bits per heavy atom. The molecule has 2 aromatic rings. The number of hydrogen-bond donors (Lipinski definition) is 1. The van der Waals surface area contributed by atoms with Crippen LogP contribution >= 0.6 is 15.9 Å². The van der Waals surface area contributed by atoms with Gasteiger partial charge in [0.1, 0.15) is 17.2 Å². The van der Waals surface area contributed by atoms with Crippen LogP contribution in [0.4, 0.5) is 0 Å². The van der Waals surface area contributed by atoms with Crippen molar-refractivity contribution in [3.63, 3.8) is 0 Å². The number of halogens is 1. The molecule has 0 bridgehead atoms. The number of ether oxygens (including phenoxy) is 2. The number of rotatable bonds is 5. The number of benzene rings is 2. The van der Waals surface area contributed by atoms with E-state index in [1.54, 1.807) is 6.92 Å². The first-order chi connectivity index (χ1) is 9.60. The Morgan fingerprint density at radius 2 is 1.80 bits per heavy atom. The van der Waals surface area contributed by atoms with E-state index in [1.165, 1.54) is 0 Å². The lowest BCUT2D eigenvalue weighted by atomic mass is 10.1. The Hall–Kier alpha value is -1.52. The first-order valence-corrected chi connectivity index (χ1v) is 7.27. The summed E-state index contributed by atoms with van der Waals surface area (Å²) >= 11 is 3.44. The van der Waals surface area contributed by atoms with Gasteiger partial charge >= 0.3 is 0 Å². The zero-order valence-corrected chi connectivity index (χ0v) is 13.1. The molecule has 0 amide bonds. The number of aliphatic hydroxyl groups is 1. The smallest absolute Gasteiger partial charge is 0.131 e. The summed E-state index contributed by atoms with van der Waals surface area (Å²) in [5.41, 5.74) is 0.834. The number of aliphatic hydroxyl groups excluding tert-OH is 1. The van der Waals surface area contributed by atoms with Crippen molar-refractivity contribution in [3.05, 3.63) is 52.5 Å². The van der Waals surface area contributed by atoms with Gasteiger partial charge < -0.3 is 14.6 Å². The van der Waals surface area contributed by atoms with Gasteiger partial charge in [-0.2, -0.15) is 0 Å². The summed E-state index contributed by atoms with van der Waals surface area (Å²) in [5, 5.41) is 9.59. The molecule has 1 unspecified atom stereocenters. The maximum absolute atomic E-state index is 9.59. The van der Waals surface area contributed by atoms with Crippen molar-refractivity contribution in [3.8, 4) is 17.2 Å². The average Bonchev–Trinajstić information content (AvgIpc) is 2.39. The molecule has 20 heavy (non-hydrogen) atoms. The van der Waals surface area contributed by atoms with Gasteiger partial charge in [-0.3, -0.25) is 0 Å². The van der Waals surface area contributed by atoms with Crippen molar-refractivity contribution in [2.24, 2.45) is 0 Å². The third-order valence-corrected chi connectivity index (χ3v) is 3.46. The van der Waals surface area contributed by atoms with E-state index >= 15 is 0 Å². The Kier molecular flexibility index (Phi) is 5.04. The minimum Gasteiger partial charge on any atom is -0.494 e. The highest BCUT2D eigenvalue weighted by Crippen LogP contribution is 2.31. The second-order valence-electron chi connectivity index (χ2n) is 4.37. The molecule has 0 fully saturated rings. The zero-order valence-electron chi connectivity index (χ0n) is 11.5. The molecule has 0 aliphatic carbocycles. The van der Waals surface area contributed by atoms with E-state index < -0.39 is 6.10 Å². The van der Waals surface area contributed by atoms with Crippen LogP contribution in [0.25, 0.3) is 0 Å². The third kappa shape index (κ3) is 3.74. The minimum absolute atomic E-state index is 0.514. The largest absolute Gasteiger partial charge is 0.494 e. The Morgan fingerprint density at radius 3 is 2.45 bits per heavy atom. The lowest BCUT2D eigenvalue weighted by molar-refractivity contribution is 0.198. The van der Waals surface area contributed by atoms with Crippen molar-refractivity contribution in [2.45, 2.75) is 20.0 Å². The van der Waals surface area contributed by atoms with Crippen molar-refractivity contribution < 1.29 is 14.6 Å². The quantitative estimate of drug-likeness (QED) is 0.860. The van der Waals surface area contributed by atoms with Gasteiger partial charge in [-0.25, -0.2) is 0 Å². The third-order valence-electron chi connectivity index (χ3n) is 2.77. The summed E-state index contributed by atoms with van der Waals surface area (Å²) in [7, 11) is 0. The van der Waals surface area contributed by atoms with E-state index in [0.29, 0.717) is 18.1 Å². The Labute approximate surface area is 127 Å². The van der Waals surface area contributed by atoms with Crippen molar-refractivity contribution >= 4 is 15.9 Å². The molecule has 0 saturated carbocycles. The topological polar surface area (TPSA) is 38.7 Å². The van der Waals surface area contributed by atoms with Gasteiger partial charge in [0.2, 0.25) is 0 Å². The fourth-order valence-corrected chi connectivity index (χ4v) is 2.53. The highest BCUT2D eigenvalue weighted by Gasteiger charge is 2.08. The van der Waals surface area contributed by atoms with Gasteiger partial charge in [0, 0.05) is 10.5 Å². The van der Waals surface area contributed by atoms with Crippen LogP contribution in [0.2, 0.25) is 0 Å². The lowest BCUT2D eigenvalue weighted by Crippen LogP contribution is -1.94. The van der Waals surface area contributed by atoms with Crippen molar-refractivity contribution in [2.75, 3.05) is 6.61 Å². The second kappa shape index (κ2) is 6.77. The summed E-state index contributed by atoms with van der Waals surface area (Å²) in [6.45, 7) is 4.30. The summed E-state index contributed by atoms with van der Waals surface area (Å²) in [4.78, 5) is 0. The fourth-order valence-electron chi connectivity index (χ4n) is 1.84. The maximum Gasteiger partial charge on any atom is 0.131 e. The normalized spacial score (nSPS) is 12.0. The van der Waals surface area contributed by atoms with Crippen LogP contribution in [-0.4, -0.2) is 11.7 Å². The Balaban J connectivity index is 2.17. The summed E-state index contributed by atoms with van der Waals surface area (Å²) in [5.74, 6) is 2.20. The molecular formula is C16H17BrO3. The van der Waals surface area contributed by atoms with Crippen molar-refractivity contribution in [1.29, 1.82) is 0 Å².